The van der Waals surface area contributed by atoms with Gasteiger partial charge in [0, 0.05) is 36.2 Å². The second kappa shape index (κ2) is 9.51. The van der Waals surface area contributed by atoms with E-state index in [0.29, 0.717) is 44.2 Å². The Hall–Kier alpha value is -1.70. The van der Waals surface area contributed by atoms with Crippen molar-refractivity contribution in [1.82, 2.24) is 9.88 Å². The number of benzene rings is 2. The molecule has 2 aromatic carbocycles. The van der Waals surface area contributed by atoms with Gasteiger partial charge in [-0.15, -0.1) is 0 Å². The number of oxazole rings is 1. The fraction of sp³-hybridized carbons (Fsp3) is 0.458. The van der Waals surface area contributed by atoms with Crippen LogP contribution >= 0.6 is 34.8 Å². The highest BCUT2D eigenvalue weighted by Crippen LogP contribution is 2.40. The summed E-state index contributed by atoms with van der Waals surface area (Å²) in [4.78, 5) is 9.26. The molecule has 176 valence electrons. The normalized spacial score (nSPS) is 20.4. The quantitative estimate of drug-likeness (QED) is 0.425. The van der Waals surface area contributed by atoms with E-state index in [1.165, 1.54) is 6.42 Å². The van der Waals surface area contributed by atoms with Gasteiger partial charge < -0.3 is 24.6 Å². The molecule has 0 saturated carbocycles. The Bertz CT molecular complexity index is 1150. The monoisotopic (exact) mass is 508 g/mol. The zero-order valence-electron chi connectivity index (χ0n) is 18.4. The first-order valence-corrected chi connectivity index (χ1v) is 12.4. The molecule has 6 nitrogen and oxygen atoms in total. The van der Waals surface area contributed by atoms with E-state index in [-0.39, 0.29) is 12.6 Å². The first kappa shape index (κ1) is 23.1. The second-order valence-corrected chi connectivity index (χ2v) is 10.3. The third kappa shape index (κ3) is 4.64. The van der Waals surface area contributed by atoms with Crippen molar-refractivity contribution < 1.29 is 9.52 Å². The highest BCUT2D eigenvalue weighted by Gasteiger charge is 2.38. The van der Waals surface area contributed by atoms with Gasteiger partial charge in [0.2, 0.25) is 0 Å². The van der Waals surface area contributed by atoms with Crippen LogP contribution in [0, 0.1) is 11.8 Å². The van der Waals surface area contributed by atoms with Gasteiger partial charge in [0.1, 0.15) is 5.52 Å². The number of aliphatic hydroxyl groups is 1. The molecule has 0 amide bonds. The lowest BCUT2D eigenvalue weighted by Gasteiger charge is -2.41. The molecule has 9 heteroatoms. The Morgan fingerprint density at radius 1 is 1.12 bits per heavy atom. The van der Waals surface area contributed by atoms with Crippen LogP contribution in [-0.2, 0) is 0 Å². The first-order valence-electron chi connectivity index (χ1n) is 11.3. The lowest BCUT2D eigenvalue weighted by molar-refractivity contribution is 0.202. The van der Waals surface area contributed by atoms with E-state index < -0.39 is 0 Å². The van der Waals surface area contributed by atoms with Crippen molar-refractivity contribution in [3.63, 3.8) is 0 Å². The first-order chi connectivity index (χ1) is 15.9. The Morgan fingerprint density at radius 2 is 1.94 bits per heavy atom. The molecular formula is C24H27Cl3N4O2. The van der Waals surface area contributed by atoms with E-state index in [4.69, 9.17) is 44.2 Å². The maximum atomic E-state index is 9.17. The molecule has 5 rings (SSSR count). The summed E-state index contributed by atoms with van der Waals surface area (Å²) >= 11 is 19.0. The van der Waals surface area contributed by atoms with Gasteiger partial charge in [0.05, 0.1) is 23.4 Å². The number of halogens is 3. The number of aromatic nitrogens is 1. The number of nitrogens with one attached hydrogen (secondary N) is 1. The van der Waals surface area contributed by atoms with Crippen LogP contribution in [0.4, 0.5) is 11.7 Å². The maximum Gasteiger partial charge on any atom is 0.298 e. The predicted octanol–water partition coefficient (Wildman–Crippen LogP) is 5.71. The van der Waals surface area contributed by atoms with Crippen molar-refractivity contribution in [1.29, 1.82) is 0 Å². The summed E-state index contributed by atoms with van der Waals surface area (Å²) in [5.74, 6) is 1.31. The van der Waals surface area contributed by atoms with E-state index in [1.807, 2.05) is 31.2 Å². The molecule has 0 radical (unpaired) electrons. The van der Waals surface area contributed by atoms with Crippen LogP contribution < -0.4 is 10.2 Å². The number of β-amino-alcohol motifs (C(OH)–C–C–N with tert-alkyl or cyclic N) is 1. The molecule has 2 N–H and O–H groups in total. The average molecular weight is 510 g/mol. The fourth-order valence-electron chi connectivity index (χ4n) is 4.93. The summed E-state index contributed by atoms with van der Waals surface area (Å²) in [5, 5.41) is 14.4. The van der Waals surface area contributed by atoms with Gasteiger partial charge >= 0.3 is 0 Å². The fourth-order valence-corrected chi connectivity index (χ4v) is 5.71. The van der Waals surface area contributed by atoms with Crippen molar-refractivity contribution in [2.75, 3.05) is 49.5 Å². The van der Waals surface area contributed by atoms with Crippen molar-refractivity contribution >= 4 is 57.6 Å². The van der Waals surface area contributed by atoms with Crippen molar-refractivity contribution in [3.05, 3.63) is 51.0 Å². The molecule has 2 saturated heterocycles. The van der Waals surface area contributed by atoms with E-state index in [9.17, 15) is 5.11 Å². The van der Waals surface area contributed by atoms with Gasteiger partial charge in [-0.05, 0) is 61.6 Å². The molecule has 2 atom stereocenters. The summed E-state index contributed by atoms with van der Waals surface area (Å²) in [6.45, 7) is 7.05. The minimum Gasteiger partial charge on any atom is -0.421 e. The van der Waals surface area contributed by atoms with E-state index >= 15 is 0 Å². The smallest absolute Gasteiger partial charge is 0.298 e. The van der Waals surface area contributed by atoms with Gasteiger partial charge in [-0.25, -0.2) is 0 Å². The highest BCUT2D eigenvalue weighted by atomic mass is 35.5. The minimum atomic E-state index is -0.107. The van der Waals surface area contributed by atoms with Gasteiger partial charge in [-0.1, -0.05) is 40.9 Å². The summed E-state index contributed by atoms with van der Waals surface area (Å²) in [7, 11) is 0. The van der Waals surface area contributed by atoms with Crippen LogP contribution in [0.3, 0.4) is 0 Å². The number of aliphatic hydroxyl groups excluding tert-OH is 1. The molecule has 1 aromatic heterocycles. The summed E-state index contributed by atoms with van der Waals surface area (Å²) in [6.07, 6.45) is 1.20. The lowest BCUT2D eigenvalue weighted by atomic mass is 9.85. The van der Waals surface area contributed by atoms with Crippen LogP contribution in [0.25, 0.3) is 11.1 Å². The number of fused-ring (bicyclic) bond motifs is 1. The predicted molar refractivity (Wildman–Crippen MR) is 135 cm³/mol. The number of rotatable bonds is 7. The number of likely N-dealkylation sites (tertiary alicyclic amines) is 1. The van der Waals surface area contributed by atoms with Crippen LogP contribution in [0.5, 0.6) is 0 Å². The van der Waals surface area contributed by atoms with E-state index in [0.717, 1.165) is 43.8 Å². The summed E-state index contributed by atoms with van der Waals surface area (Å²) < 4.78 is 6.21. The summed E-state index contributed by atoms with van der Waals surface area (Å²) in [5.41, 5.74) is 3.04. The van der Waals surface area contributed by atoms with Crippen molar-refractivity contribution in [2.24, 2.45) is 11.8 Å². The second-order valence-electron chi connectivity index (χ2n) is 9.04. The molecule has 0 spiro atoms. The highest BCUT2D eigenvalue weighted by molar-refractivity contribution is 6.35. The van der Waals surface area contributed by atoms with Crippen LogP contribution in [0.15, 0.2) is 34.7 Å². The Kier molecular flexibility index (Phi) is 6.65. The molecule has 2 aliphatic rings. The molecule has 2 aliphatic heterocycles. The summed E-state index contributed by atoms with van der Waals surface area (Å²) in [6, 6.07) is 9.71. The Morgan fingerprint density at radius 3 is 2.70 bits per heavy atom. The topological polar surface area (TPSA) is 64.8 Å². The Balaban J connectivity index is 1.31. The third-order valence-electron chi connectivity index (χ3n) is 6.86. The zero-order chi connectivity index (χ0) is 23.1. The number of hydrogen-bond acceptors (Lipinski definition) is 6. The number of anilines is 2. The average Bonchev–Trinajstić information content (AvgIpc) is 3.37. The molecule has 3 aromatic rings. The van der Waals surface area contributed by atoms with Crippen molar-refractivity contribution in [2.45, 2.75) is 19.4 Å². The lowest BCUT2D eigenvalue weighted by Crippen LogP contribution is -2.50. The van der Waals surface area contributed by atoms with Crippen molar-refractivity contribution in [3.8, 4) is 0 Å². The standard InChI is InChI=1S/C24H27Cl3N4O2/c1-14(18-3-2-17(25)10-20(18)27)28-22-19(26)4-5-21-23(22)33-24(29-21)31-12-16(13-31)15-6-7-30(11-15)8-9-32/h2-5,10,14-16,28,32H,6-9,11-13H2,1H3/t14-,15+/m1/s1. The van der Waals surface area contributed by atoms with Crippen LogP contribution in [-0.4, -0.2) is 54.3 Å². The molecule has 0 bridgehead atoms. The van der Waals surface area contributed by atoms with Gasteiger partial charge in [0.15, 0.2) is 5.58 Å². The molecular weight excluding hydrogens is 483 g/mol. The maximum absolute atomic E-state index is 9.17. The molecule has 0 unspecified atom stereocenters. The van der Waals surface area contributed by atoms with Crippen LogP contribution in [0.1, 0.15) is 24.9 Å². The van der Waals surface area contributed by atoms with Crippen LogP contribution in [0.2, 0.25) is 15.1 Å². The van der Waals surface area contributed by atoms with Gasteiger partial charge in [0.25, 0.3) is 6.01 Å². The number of nitrogens with zero attached hydrogens (tertiary/aromatic N) is 3. The molecule has 3 heterocycles. The van der Waals surface area contributed by atoms with E-state index in [2.05, 4.69) is 15.1 Å². The largest absolute Gasteiger partial charge is 0.421 e. The molecule has 33 heavy (non-hydrogen) atoms. The molecule has 0 aliphatic carbocycles. The molecule has 2 fully saturated rings. The van der Waals surface area contributed by atoms with Gasteiger partial charge in [-0.3, -0.25) is 0 Å². The number of hydrogen-bond donors (Lipinski definition) is 2. The SMILES string of the molecule is C[C@@H](Nc1c(Cl)ccc2nc(N3CC([C@H]4CCN(CCO)C4)C3)oc12)c1ccc(Cl)cc1Cl. The third-order valence-corrected chi connectivity index (χ3v) is 7.73. The Labute approximate surface area is 208 Å². The minimum absolute atomic E-state index is 0.107. The zero-order valence-corrected chi connectivity index (χ0v) is 20.7. The van der Waals surface area contributed by atoms with E-state index in [1.54, 1.807) is 6.07 Å². The van der Waals surface area contributed by atoms with Gasteiger partial charge in [-0.2, -0.15) is 4.98 Å².